The number of pyridine rings is 1. The summed E-state index contributed by atoms with van der Waals surface area (Å²) in [5.41, 5.74) is 7.45. The number of halogens is 2. The van der Waals surface area contributed by atoms with Crippen molar-refractivity contribution in [2.75, 3.05) is 6.54 Å². The van der Waals surface area contributed by atoms with Crippen LogP contribution in [0.1, 0.15) is 36.9 Å². The second-order valence-electron chi connectivity index (χ2n) is 5.03. The molecule has 2 rings (SSSR count). The second-order valence-corrected chi connectivity index (χ2v) is 5.03. The van der Waals surface area contributed by atoms with Crippen molar-refractivity contribution >= 4 is 0 Å². The quantitative estimate of drug-likeness (QED) is 0.863. The molecule has 1 aromatic heterocycles. The number of alkyl halides is 2. The summed E-state index contributed by atoms with van der Waals surface area (Å²) in [6, 6.07) is 3.89. The van der Waals surface area contributed by atoms with E-state index in [9.17, 15) is 8.78 Å². The molecule has 0 spiro atoms. The molecular formula is C13H18F2N2. The first-order valence-electron chi connectivity index (χ1n) is 5.99. The fourth-order valence-electron chi connectivity index (χ4n) is 2.49. The van der Waals surface area contributed by atoms with Gasteiger partial charge >= 0.3 is 0 Å². The number of rotatable bonds is 2. The number of aromatic nitrogens is 1. The van der Waals surface area contributed by atoms with Crippen LogP contribution in [0.5, 0.6) is 0 Å². The second kappa shape index (κ2) is 4.33. The summed E-state index contributed by atoms with van der Waals surface area (Å²) in [5, 5.41) is 0. The van der Waals surface area contributed by atoms with Gasteiger partial charge in [-0.25, -0.2) is 8.78 Å². The standard InChI is InChI=1S/C13H18F2N2/c1-10-2-3-11(8-17-10)12(9-16)4-6-13(14,15)7-5-12/h2-3,8H,4-7,9,16H2,1H3. The Kier molecular flexibility index (Phi) is 3.17. The van der Waals surface area contributed by atoms with E-state index in [4.69, 9.17) is 5.73 Å². The Hall–Kier alpha value is -1.03. The van der Waals surface area contributed by atoms with Crippen LogP contribution in [0, 0.1) is 6.92 Å². The Morgan fingerprint density at radius 3 is 2.35 bits per heavy atom. The van der Waals surface area contributed by atoms with Crippen molar-refractivity contribution in [1.82, 2.24) is 4.98 Å². The highest BCUT2D eigenvalue weighted by molar-refractivity contribution is 5.25. The predicted octanol–water partition coefficient (Wildman–Crippen LogP) is 2.80. The van der Waals surface area contributed by atoms with E-state index < -0.39 is 5.92 Å². The van der Waals surface area contributed by atoms with E-state index >= 15 is 0 Å². The molecule has 1 aliphatic rings. The van der Waals surface area contributed by atoms with E-state index in [0.29, 0.717) is 19.4 Å². The van der Waals surface area contributed by atoms with Gasteiger partial charge in [0.2, 0.25) is 5.92 Å². The fourth-order valence-corrected chi connectivity index (χ4v) is 2.49. The molecule has 0 aliphatic heterocycles. The molecular weight excluding hydrogens is 222 g/mol. The Balaban J connectivity index is 2.24. The normalized spacial score (nSPS) is 22.4. The summed E-state index contributed by atoms with van der Waals surface area (Å²) in [7, 11) is 0. The molecule has 1 aliphatic carbocycles. The average Bonchev–Trinajstić information content (AvgIpc) is 2.31. The van der Waals surface area contributed by atoms with Gasteiger partial charge in [-0.1, -0.05) is 6.07 Å². The van der Waals surface area contributed by atoms with Gasteiger partial charge in [0.05, 0.1) is 0 Å². The van der Waals surface area contributed by atoms with Gasteiger partial charge in [0.15, 0.2) is 0 Å². The van der Waals surface area contributed by atoms with Gasteiger partial charge in [0, 0.05) is 36.7 Å². The molecule has 2 N–H and O–H groups in total. The van der Waals surface area contributed by atoms with Gasteiger partial charge in [0.1, 0.15) is 0 Å². The zero-order valence-electron chi connectivity index (χ0n) is 10.0. The molecule has 1 saturated carbocycles. The van der Waals surface area contributed by atoms with E-state index in [2.05, 4.69) is 4.98 Å². The fraction of sp³-hybridized carbons (Fsp3) is 0.615. The Labute approximate surface area is 100 Å². The van der Waals surface area contributed by atoms with Gasteiger partial charge in [-0.05, 0) is 31.4 Å². The Morgan fingerprint density at radius 1 is 1.24 bits per heavy atom. The van der Waals surface area contributed by atoms with Crippen LogP contribution in [0.15, 0.2) is 18.3 Å². The first-order chi connectivity index (χ1) is 7.97. The maximum Gasteiger partial charge on any atom is 0.248 e. The number of aryl methyl sites for hydroxylation is 1. The summed E-state index contributed by atoms with van der Waals surface area (Å²) >= 11 is 0. The summed E-state index contributed by atoms with van der Waals surface area (Å²) in [6.07, 6.45) is 2.53. The lowest BCUT2D eigenvalue weighted by atomic mass is 9.69. The van der Waals surface area contributed by atoms with Crippen LogP contribution in [-0.2, 0) is 5.41 Å². The number of hydrogen-bond acceptors (Lipinski definition) is 2. The van der Waals surface area contributed by atoms with Crippen LogP contribution in [0.4, 0.5) is 8.78 Å². The van der Waals surface area contributed by atoms with E-state index in [1.807, 2.05) is 19.1 Å². The largest absolute Gasteiger partial charge is 0.330 e. The molecule has 0 radical (unpaired) electrons. The molecule has 0 bridgehead atoms. The van der Waals surface area contributed by atoms with Crippen LogP contribution in [0.2, 0.25) is 0 Å². The molecule has 0 saturated heterocycles. The van der Waals surface area contributed by atoms with Crippen LogP contribution in [0.25, 0.3) is 0 Å². The van der Waals surface area contributed by atoms with Gasteiger partial charge in [-0.2, -0.15) is 0 Å². The SMILES string of the molecule is Cc1ccc(C2(CN)CCC(F)(F)CC2)cn1. The number of hydrogen-bond donors (Lipinski definition) is 1. The van der Waals surface area contributed by atoms with Crippen LogP contribution in [-0.4, -0.2) is 17.5 Å². The van der Waals surface area contributed by atoms with Gasteiger partial charge in [-0.3, -0.25) is 4.98 Å². The molecule has 2 nitrogen and oxygen atoms in total. The Bertz CT molecular complexity index is 377. The van der Waals surface area contributed by atoms with Crippen molar-refractivity contribution in [1.29, 1.82) is 0 Å². The van der Waals surface area contributed by atoms with Crippen molar-refractivity contribution in [3.8, 4) is 0 Å². The van der Waals surface area contributed by atoms with Crippen LogP contribution in [0.3, 0.4) is 0 Å². The average molecular weight is 240 g/mol. The third-order valence-electron chi connectivity index (χ3n) is 3.85. The molecule has 1 heterocycles. The van der Waals surface area contributed by atoms with Crippen LogP contribution >= 0.6 is 0 Å². The number of nitrogens with zero attached hydrogens (tertiary/aromatic N) is 1. The summed E-state index contributed by atoms with van der Waals surface area (Å²) < 4.78 is 26.4. The molecule has 0 unspecified atom stereocenters. The van der Waals surface area contributed by atoms with Gasteiger partial charge < -0.3 is 5.73 Å². The zero-order chi connectivity index (χ0) is 12.5. The van der Waals surface area contributed by atoms with Gasteiger partial charge in [-0.15, -0.1) is 0 Å². The smallest absolute Gasteiger partial charge is 0.248 e. The summed E-state index contributed by atoms with van der Waals surface area (Å²) in [5.74, 6) is -2.52. The Morgan fingerprint density at radius 2 is 1.88 bits per heavy atom. The minimum atomic E-state index is -2.52. The third-order valence-corrected chi connectivity index (χ3v) is 3.85. The van der Waals surface area contributed by atoms with Gasteiger partial charge in [0.25, 0.3) is 0 Å². The predicted molar refractivity (Wildman–Crippen MR) is 63.1 cm³/mol. The first-order valence-corrected chi connectivity index (χ1v) is 5.99. The van der Waals surface area contributed by atoms with E-state index in [0.717, 1.165) is 11.3 Å². The summed E-state index contributed by atoms with van der Waals surface area (Å²) in [4.78, 5) is 4.24. The highest BCUT2D eigenvalue weighted by Crippen LogP contribution is 2.44. The van der Waals surface area contributed by atoms with Crippen molar-refractivity contribution < 1.29 is 8.78 Å². The molecule has 17 heavy (non-hydrogen) atoms. The molecule has 0 aromatic carbocycles. The molecule has 1 aromatic rings. The highest BCUT2D eigenvalue weighted by Gasteiger charge is 2.43. The molecule has 94 valence electrons. The lowest BCUT2D eigenvalue weighted by Crippen LogP contribution is -2.42. The highest BCUT2D eigenvalue weighted by atomic mass is 19.3. The summed E-state index contributed by atoms with van der Waals surface area (Å²) in [6.45, 7) is 2.32. The lowest BCUT2D eigenvalue weighted by molar-refractivity contribution is -0.0509. The minimum Gasteiger partial charge on any atom is -0.330 e. The van der Waals surface area contributed by atoms with E-state index in [1.165, 1.54) is 0 Å². The van der Waals surface area contributed by atoms with E-state index in [-0.39, 0.29) is 18.3 Å². The molecule has 1 fully saturated rings. The van der Waals surface area contributed by atoms with Crippen LogP contribution < -0.4 is 5.73 Å². The molecule has 0 amide bonds. The molecule has 4 heteroatoms. The van der Waals surface area contributed by atoms with E-state index in [1.54, 1.807) is 6.20 Å². The zero-order valence-corrected chi connectivity index (χ0v) is 10.0. The monoisotopic (exact) mass is 240 g/mol. The van der Waals surface area contributed by atoms with Crippen molar-refractivity contribution in [3.63, 3.8) is 0 Å². The van der Waals surface area contributed by atoms with Crippen molar-refractivity contribution in [3.05, 3.63) is 29.6 Å². The maximum atomic E-state index is 13.2. The maximum absolute atomic E-state index is 13.2. The minimum absolute atomic E-state index is 0.0714. The number of nitrogens with two attached hydrogens (primary N) is 1. The molecule has 0 atom stereocenters. The van der Waals surface area contributed by atoms with Crippen molar-refractivity contribution in [2.24, 2.45) is 5.73 Å². The topological polar surface area (TPSA) is 38.9 Å². The van der Waals surface area contributed by atoms with Crippen molar-refractivity contribution in [2.45, 2.75) is 43.9 Å². The third kappa shape index (κ3) is 2.46. The lowest BCUT2D eigenvalue weighted by Gasteiger charge is -2.39. The first kappa shape index (κ1) is 12.4.